The Morgan fingerprint density at radius 1 is 1.38 bits per heavy atom. The summed E-state index contributed by atoms with van der Waals surface area (Å²) in [6, 6.07) is 8.71. The van der Waals surface area contributed by atoms with Crippen LogP contribution in [0.4, 0.5) is 0 Å². The number of rotatable bonds is 9. The number of benzene rings is 1. The summed E-state index contributed by atoms with van der Waals surface area (Å²) in [6.07, 6.45) is 0. The van der Waals surface area contributed by atoms with E-state index in [4.69, 9.17) is 4.74 Å². The maximum atomic E-state index is 12.4. The van der Waals surface area contributed by atoms with Gasteiger partial charge in [0.25, 0.3) is 0 Å². The summed E-state index contributed by atoms with van der Waals surface area (Å²) < 4.78 is 7.63. The average molecular weight is 347 g/mol. The largest absolute Gasteiger partial charge is 0.437 e. The third kappa shape index (κ3) is 5.27. The molecule has 0 saturated carbocycles. The van der Waals surface area contributed by atoms with Crippen molar-refractivity contribution in [3.05, 3.63) is 30.1 Å². The first kappa shape index (κ1) is 18.9. The quantitative estimate of drug-likeness (QED) is 0.413. The van der Waals surface area contributed by atoms with Gasteiger partial charge in [0.2, 0.25) is 5.78 Å². The maximum absolute atomic E-state index is 12.4. The molecule has 130 valence electrons. The van der Waals surface area contributed by atoms with Gasteiger partial charge in [-0.05, 0) is 25.0 Å². The van der Waals surface area contributed by atoms with Crippen LogP contribution in [0.25, 0.3) is 11.0 Å². The predicted molar refractivity (Wildman–Crippen MR) is 100 cm³/mol. The standard InChI is InChI=1S/C16H26BN3O3Si/c1-17(22)18-11-15(21)16-19-13-7-5-6-8-14(13)20(16)12-23-9-10-24(2,3)4/h5-8,18,22H,9-12H2,1-4H3. The van der Waals surface area contributed by atoms with Gasteiger partial charge in [0.05, 0.1) is 17.6 Å². The van der Waals surface area contributed by atoms with Crippen molar-refractivity contribution < 1.29 is 14.6 Å². The number of aromatic nitrogens is 2. The highest BCUT2D eigenvalue weighted by molar-refractivity contribution is 6.76. The molecule has 6 nitrogen and oxygen atoms in total. The van der Waals surface area contributed by atoms with Gasteiger partial charge in [-0.1, -0.05) is 31.8 Å². The van der Waals surface area contributed by atoms with Crippen LogP contribution in [0.3, 0.4) is 0 Å². The molecule has 0 bridgehead atoms. The molecule has 2 aromatic rings. The SMILES string of the molecule is CB(O)NCC(=O)c1nc2ccccc2n1COCC[Si](C)(C)C. The summed E-state index contributed by atoms with van der Waals surface area (Å²) in [6.45, 7) is 9.52. The van der Waals surface area contributed by atoms with Crippen molar-refractivity contribution in [1.29, 1.82) is 0 Å². The first-order chi connectivity index (χ1) is 11.3. The Kier molecular flexibility index (Phi) is 6.34. The van der Waals surface area contributed by atoms with Crippen LogP contribution in [-0.2, 0) is 11.5 Å². The molecule has 0 fully saturated rings. The third-order valence-corrected chi connectivity index (χ3v) is 5.38. The minimum atomic E-state index is -1.15. The number of fused-ring (bicyclic) bond motifs is 1. The van der Waals surface area contributed by atoms with E-state index in [0.717, 1.165) is 17.1 Å². The molecule has 0 radical (unpaired) electrons. The number of imidazole rings is 1. The van der Waals surface area contributed by atoms with E-state index in [1.165, 1.54) is 0 Å². The Bertz CT molecular complexity index is 697. The van der Waals surface area contributed by atoms with Gasteiger partial charge in [0.1, 0.15) is 6.73 Å². The molecule has 0 aliphatic heterocycles. The normalized spacial score (nSPS) is 11.9. The highest BCUT2D eigenvalue weighted by Crippen LogP contribution is 2.17. The van der Waals surface area contributed by atoms with Crippen LogP contribution >= 0.6 is 0 Å². The van der Waals surface area contributed by atoms with Crippen LogP contribution in [0.5, 0.6) is 0 Å². The van der Waals surface area contributed by atoms with Gasteiger partial charge in [-0.25, -0.2) is 4.98 Å². The molecular formula is C16H26BN3O3Si. The van der Waals surface area contributed by atoms with Gasteiger partial charge in [-0.2, -0.15) is 0 Å². The molecule has 1 aromatic heterocycles. The summed E-state index contributed by atoms with van der Waals surface area (Å²) in [7, 11) is -1.88. The van der Waals surface area contributed by atoms with Crippen molar-refractivity contribution in [1.82, 2.24) is 14.8 Å². The van der Waals surface area contributed by atoms with Crippen LogP contribution in [-0.4, -0.2) is 48.6 Å². The van der Waals surface area contributed by atoms with Crippen LogP contribution < -0.4 is 5.23 Å². The van der Waals surface area contributed by atoms with E-state index >= 15 is 0 Å². The minimum absolute atomic E-state index is 0.0376. The van der Waals surface area contributed by atoms with E-state index in [9.17, 15) is 9.82 Å². The number of hydrogen-bond donors (Lipinski definition) is 2. The topological polar surface area (TPSA) is 76.4 Å². The Hall–Kier alpha value is -1.48. The van der Waals surface area contributed by atoms with Gasteiger partial charge in [-0.3, -0.25) is 9.36 Å². The molecule has 8 heteroatoms. The average Bonchev–Trinajstić information content (AvgIpc) is 2.87. The molecule has 0 saturated heterocycles. The molecule has 0 atom stereocenters. The summed E-state index contributed by atoms with van der Waals surface area (Å²) in [5, 5.41) is 12.0. The van der Waals surface area contributed by atoms with E-state index in [0.29, 0.717) is 19.2 Å². The summed E-state index contributed by atoms with van der Waals surface area (Å²) in [4.78, 5) is 16.9. The predicted octanol–water partition coefficient (Wildman–Crippen LogP) is 2.23. The number of carbonyl (C=O) groups is 1. The van der Waals surface area contributed by atoms with E-state index in [-0.39, 0.29) is 12.3 Å². The number of Topliss-reactive ketones (excluding diaryl/α,β-unsaturated/α-hetero) is 1. The van der Waals surface area contributed by atoms with E-state index < -0.39 is 15.1 Å². The number of ketones is 1. The fraction of sp³-hybridized carbons (Fsp3) is 0.500. The number of carbonyl (C=O) groups excluding carboxylic acids is 1. The second-order valence-electron chi connectivity index (χ2n) is 7.18. The van der Waals surface area contributed by atoms with Crippen molar-refractivity contribution in [2.75, 3.05) is 13.2 Å². The smallest absolute Gasteiger partial charge is 0.373 e. The zero-order valence-corrected chi connectivity index (χ0v) is 15.9. The molecule has 0 amide bonds. The molecule has 0 aliphatic carbocycles. The molecule has 1 aromatic carbocycles. The number of nitrogens with one attached hydrogen (secondary N) is 1. The molecule has 0 aliphatic rings. The first-order valence-electron chi connectivity index (χ1n) is 8.25. The van der Waals surface area contributed by atoms with Crippen molar-refractivity contribution in [2.24, 2.45) is 0 Å². The number of ether oxygens (including phenoxy) is 1. The Morgan fingerprint density at radius 2 is 2.08 bits per heavy atom. The summed E-state index contributed by atoms with van der Waals surface area (Å²) in [5.41, 5.74) is 1.65. The van der Waals surface area contributed by atoms with Gasteiger partial charge < -0.3 is 15.0 Å². The lowest BCUT2D eigenvalue weighted by Crippen LogP contribution is -2.36. The summed E-state index contributed by atoms with van der Waals surface area (Å²) in [5.74, 6) is 0.193. The second kappa shape index (κ2) is 8.07. The maximum Gasteiger partial charge on any atom is 0.373 e. The van der Waals surface area contributed by atoms with Crippen molar-refractivity contribution in [2.45, 2.75) is 39.2 Å². The lowest BCUT2D eigenvalue weighted by atomic mass is 9.89. The van der Waals surface area contributed by atoms with Gasteiger partial charge in [-0.15, -0.1) is 0 Å². The highest BCUT2D eigenvalue weighted by atomic mass is 28.3. The summed E-state index contributed by atoms with van der Waals surface area (Å²) >= 11 is 0. The van der Waals surface area contributed by atoms with Crippen LogP contribution in [0.15, 0.2) is 24.3 Å². The highest BCUT2D eigenvalue weighted by Gasteiger charge is 2.19. The number of hydrogen-bond acceptors (Lipinski definition) is 5. The fourth-order valence-electron chi connectivity index (χ4n) is 2.27. The third-order valence-electron chi connectivity index (χ3n) is 3.68. The monoisotopic (exact) mass is 347 g/mol. The van der Waals surface area contributed by atoms with Crippen LogP contribution in [0, 0.1) is 0 Å². The molecule has 0 unspecified atom stereocenters. The first-order valence-corrected chi connectivity index (χ1v) is 12.0. The van der Waals surface area contributed by atoms with Gasteiger partial charge in [0.15, 0.2) is 5.82 Å². The Morgan fingerprint density at radius 3 is 2.75 bits per heavy atom. The molecule has 2 rings (SSSR count). The molecular weight excluding hydrogens is 321 g/mol. The van der Waals surface area contributed by atoms with E-state index in [2.05, 4.69) is 29.9 Å². The second-order valence-corrected chi connectivity index (χ2v) is 12.8. The molecule has 1 heterocycles. The minimum Gasteiger partial charge on any atom is -0.437 e. The lowest BCUT2D eigenvalue weighted by molar-refractivity contribution is 0.0821. The van der Waals surface area contributed by atoms with E-state index in [1.54, 1.807) is 6.82 Å². The zero-order chi connectivity index (χ0) is 17.7. The lowest BCUT2D eigenvalue weighted by Gasteiger charge is -2.16. The fourth-order valence-corrected chi connectivity index (χ4v) is 3.03. The van der Waals surface area contributed by atoms with Crippen molar-refractivity contribution >= 4 is 31.9 Å². The molecule has 2 N–H and O–H groups in total. The number of para-hydroxylation sites is 2. The number of nitrogens with zero attached hydrogens (tertiary/aromatic N) is 2. The van der Waals surface area contributed by atoms with Crippen molar-refractivity contribution in [3.63, 3.8) is 0 Å². The molecule has 0 spiro atoms. The van der Waals surface area contributed by atoms with E-state index in [1.807, 2.05) is 28.8 Å². The van der Waals surface area contributed by atoms with Crippen LogP contribution in [0.1, 0.15) is 10.6 Å². The zero-order valence-electron chi connectivity index (χ0n) is 14.9. The Labute approximate surface area is 144 Å². The Balaban J connectivity index is 2.16. The van der Waals surface area contributed by atoms with Crippen molar-refractivity contribution in [3.8, 4) is 0 Å². The van der Waals surface area contributed by atoms with Gasteiger partial charge in [0, 0.05) is 14.7 Å². The molecule has 24 heavy (non-hydrogen) atoms. The van der Waals surface area contributed by atoms with Gasteiger partial charge >= 0.3 is 7.05 Å². The van der Waals surface area contributed by atoms with Crippen LogP contribution in [0.2, 0.25) is 32.5 Å².